The molecule has 1 heterocycles. The van der Waals surface area contributed by atoms with Crippen molar-refractivity contribution in [3.8, 4) is 0 Å². The fraction of sp³-hybridized carbons (Fsp3) is 0.938. The van der Waals surface area contributed by atoms with Gasteiger partial charge in [-0.1, -0.05) is 6.92 Å². The van der Waals surface area contributed by atoms with Gasteiger partial charge in [-0.25, -0.2) is 0 Å². The van der Waals surface area contributed by atoms with Crippen LogP contribution >= 0.6 is 11.8 Å². The summed E-state index contributed by atoms with van der Waals surface area (Å²) in [5.41, 5.74) is 0.643. The molecule has 4 bridgehead atoms. The monoisotopic (exact) mass is 264 g/mol. The summed E-state index contributed by atoms with van der Waals surface area (Å²) in [7, 11) is 0. The third kappa shape index (κ3) is 1.63. The lowest BCUT2D eigenvalue weighted by atomic mass is 9.43. The maximum atomic E-state index is 13.0. The molecule has 0 aromatic heterocycles. The molecule has 5 fully saturated rings. The van der Waals surface area contributed by atoms with Crippen molar-refractivity contribution in [3.05, 3.63) is 0 Å². The minimum Gasteiger partial charge on any atom is -0.298 e. The summed E-state index contributed by atoms with van der Waals surface area (Å²) in [6.07, 6.45) is 10.4. The first-order valence-electron chi connectivity index (χ1n) is 7.75. The van der Waals surface area contributed by atoms with Crippen molar-refractivity contribution in [1.29, 1.82) is 0 Å². The Labute approximate surface area is 114 Å². The molecule has 0 aromatic carbocycles. The maximum Gasteiger partial charge on any atom is 0.151 e. The van der Waals surface area contributed by atoms with Gasteiger partial charge in [0, 0.05) is 5.41 Å². The molecule has 0 radical (unpaired) electrons. The molecule has 4 aliphatic carbocycles. The summed E-state index contributed by atoms with van der Waals surface area (Å²) in [4.78, 5) is 13.0. The summed E-state index contributed by atoms with van der Waals surface area (Å²) >= 11 is 1.95. The zero-order valence-corrected chi connectivity index (χ0v) is 12.2. The van der Waals surface area contributed by atoms with Gasteiger partial charge in [0.05, 0.1) is 5.25 Å². The van der Waals surface area contributed by atoms with Crippen LogP contribution in [0.3, 0.4) is 0 Å². The Kier molecular flexibility index (Phi) is 2.48. The predicted molar refractivity (Wildman–Crippen MR) is 75.7 cm³/mol. The number of rotatable bonds is 2. The van der Waals surface area contributed by atoms with Gasteiger partial charge in [0.15, 0.2) is 5.78 Å². The van der Waals surface area contributed by atoms with Gasteiger partial charge in [-0.15, -0.1) is 0 Å². The molecule has 18 heavy (non-hydrogen) atoms. The number of hydrogen-bond donors (Lipinski definition) is 0. The van der Waals surface area contributed by atoms with E-state index in [4.69, 9.17) is 0 Å². The van der Waals surface area contributed by atoms with Crippen molar-refractivity contribution < 1.29 is 4.79 Å². The molecular weight excluding hydrogens is 240 g/mol. The van der Waals surface area contributed by atoms with Crippen LogP contribution in [0.15, 0.2) is 0 Å². The van der Waals surface area contributed by atoms with Gasteiger partial charge >= 0.3 is 0 Å². The van der Waals surface area contributed by atoms with Crippen molar-refractivity contribution in [2.45, 2.75) is 63.5 Å². The standard InChI is InChI=1S/C16H24OS/c1-15-6-11-5-12(7-15)9-16(8-11,10-15)14(17)13-3-2-4-18-13/h11-13H,2-10H2,1H3. The summed E-state index contributed by atoms with van der Waals surface area (Å²) in [5, 5.41) is 0.366. The maximum absolute atomic E-state index is 13.0. The molecule has 3 unspecified atom stereocenters. The minimum absolute atomic E-state index is 0.126. The van der Waals surface area contributed by atoms with E-state index in [-0.39, 0.29) is 5.41 Å². The van der Waals surface area contributed by atoms with Crippen molar-refractivity contribution in [1.82, 2.24) is 0 Å². The summed E-state index contributed by atoms with van der Waals surface area (Å²) in [6, 6.07) is 0. The van der Waals surface area contributed by atoms with Gasteiger partial charge in [0.2, 0.25) is 0 Å². The van der Waals surface area contributed by atoms with Gasteiger partial charge in [-0.2, -0.15) is 11.8 Å². The van der Waals surface area contributed by atoms with Crippen LogP contribution in [0.2, 0.25) is 0 Å². The molecule has 5 rings (SSSR count). The molecule has 2 heteroatoms. The van der Waals surface area contributed by atoms with Crippen molar-refractivity contribution in [2.24, 2.45) is 22.7 Å². The first-order valence-corrected chi connectivity index (χ1v) is 8.79. The van der Waals surface area contributed by atoms with E-state index in [1.165, 1.54) is 50.7 Å². The SMILES string of the molecule is CC12CC3CC(C1)CC(C(=O)C1CCCS1)(C3)C2. The van der Waals surface area contributed by atoms with Crippen LogP contribution < -0.4 is 0 Å². The molecule has 1 nitrogen and oxygen atoms in total. The Morgan fingerprint density at radius 1 is 1.17 bits per heavy atom. The molecule has 100 valence electrons. The van der Waals surface area contributed by atoms with Crippen LogP contribution in [0.25, 0.3) is 0 Å². The Morgan fingerprint density at radius 2 is 1.89 bits per heavy atom. The molecule has 5 aliphatic rings. The normalized spacial score (nSPS) is 53.9. The van der Waals surface area contributed by atoms with Crippen molar-refractivity contribution in [2.75, 3.05) is 5.75 Å². The smallest absolute Gasteiger partial charge is 0.151 e. The summed E-state index contributed by atoms with van der Waals surface area (Å²) < 4.78 is 0. The number of carbonyl (C=O) groups excluding carboxylic acids is 1. The largest absolute Gasteiger partial charge is 0.298 e. The minimum atomic E-state index is 0.126. The molecule has 3 atom stereocenters. The molecule has 0 amide bonds. The van der Waals surface area contributed by atoms with E-state index in [2.05, 4.69) is 6.92 Å². The lowest BCUT2D eigenvalue weighted by molar-refractivity contribution is -0.152. The number of hydrogen-bond acceptors (Lipinski definition) is 2. The Balaban J connectivity index is 1.64. The second kappa shape index (κ2) is 3.77. The van der Waals surface area contributed by atoms with Crippen LogP contribution in [0.1, 0.15) is 58.3 Å². The van der Waals surface area contributed by atoms with E-state index >= 15 is 0 Å². The molecule has 4 saturated carbocycles. The van der Waals surface area contributed by atoms with Gasteiger partial charge in [-0.05, 0) is 74.4 Å². The predicted octanol–water partition coefficient (Wildman–Crippen LogP) is 4.06. The highest BCUT2D eigenvalue weighted by Gasteiger charge is 2.59. The lowest BCUT2D eigenvalue weighted by Gasteiger charge is -2.61. The molecule has 1 saturated heterocycles. The quantitative estimate of drug-likeness (QED) is 0.748. The molecular formula is C16H24OS. The second-order valence-corrected chi connectivity index (χ2v) is 9.23. The highest BCUT2D eigenvalue weighted by molar-refractivity contribution is 8.00. The second-order valence-electron chi connectivity index (χ2n) is 7.92. The van der Waals surface area contributed by atoms with E-state index in [1.54, 1.807) is 0 Å². The third-order valence-electron chi connectivity index (χ3n) is 6.10. The third-order valence-corrected chi connectivity index (χ3v) is 7.47. The Morgan fingerprint density at radius 3 is 2.44 bits per heavy atom. The summed E-state index contributed by atoms with van der Waals surface area (Å²) in [6.45, 7) is 2.47. The van der Waals surface area contributed by atoms with Crippen LogP contribution in [-0.2, 0) is 4.79 Å². The first kappa shape index (κ1) is 11.8. The van der Waals surface area contributed by atoms with Crippen LogP contribution in [0, 0.1) is 22.7 Å². The highest BCUT2D eigenvalue weighted by atomic mass is 32.2. The van der Waals surface area contributed by atoms with Crippen LogP contribution in [0.5, 0.6) is 0 Å². The van der Waals surface area contributed by atoms with Crippen molar-refractivity contribution >= 4 is 17.5 Å². The fourth-order valence-electron chi connectivity index (χ4n) is 6.13. The Bertz CT molecular complexity index is 369. The van der Waals surface area contributed by atoms with E-state index in [0.717, 1.165) is 18.3 Å². The van der Waals surface area contributed by atoms with E-state index < -0.39 is 0 Å². The number of thioether (sulfide) groups is 1. The van der Waals surface area contributed by atoms with E-state index in [1.807, 2.05) is 11.8 Å². The van der Waals surface area contributed by atoms with Gasteiger partial charge < -0.3 is 0 Å². The molecule has 0 aromatic rings. The van der Waals surface area contributed by atoms with Gasteiger partial charge in [0.25, 0.3) is 0 Å². The number of carbonyl (C=O) groups is 1. The average Bonchev–Trinajstić information content (AvgIpc) is 2.77. The topological polar surface area (TPSA) is 17.1 Å². The van der Waals surface area contributed by atoms with E-state index in [9.17, 15) is 4.79 Å². The van der Waals surface area contributed by atoms with E-state index in [0.29, 0.717) is 16.4 Å². The van der Waals surface area contributed by atoms with Crippen LogP contribution in [-0.4, -0.2) is 16.8 Å². The Hall–Kier alpha value is 0.0200. The van der Waals surface area contributed by atoms with Gasteiger partial charge in [-0.3, -0.25) is 4.79 Å². The molecule has 0 spiro atoms. The number of ketones is 1. The zero-order valence-electron chi connectivity index (χ0n) is 11.4. The average molecular weight is 264 g/mol. The lowest BCUT2D eigenvalue weighted by Crippen LogP contribution is -2.55. The fourth-order valence-corrected chi connectivity index (χ4v) is 7.49. The molecule has 0 N–H and O–H groups in total. The highest BCUT2D eigenvalue weighted by Crippen LogP contribution is 2.66. The van der Waals surface area contributed by atoms with Gasteiger partial charge in [0.1, 0.15) is 0 Å². The van der Waals surface area contributed by atoms with Crippen LogP contribution in [0.4, 0.5) is 0 Å². The molecule has 1 aliphatic heterocycles. The summed E-state index contributed by atoms with van der Waals surface area (Å²) in [5.74, 6) is 3.65. The van der Waals surface area contributed by atoms with Crippen molar-refractivity contribution in [3.63, 3.8) is 0 Å². The number of Topliss-reactive ketones (excluding diaryl/α,β-unsaturated/α-hetero) is 1. The zero-order chi connectivity index (χ0) is 12.4. The first-order chi connectivity index (χ1) is 8.59.